The van der Waals surface area contributed by atoms with Gasteiger partial charge in [0.05, 0.1) is 12.6 Å². The molecule has 144 valence electrons. The molecule has 0 aliphatic carbocycles. The Morgan fingerprint density at radius 1 is 1.18 bits per heavy atom. The Kier molecular flexibility index (Phi) is 6.16. The van der Waals surface area contributed by atoms with Crippen LogP contribution < -0.4 is 15.6 Å². The van der Waals surface area contributed by atoms with Crippen LogP contribution in [-0.2, 0) is 11.2 Å². The number of aromatic amines is 1. The topological polar surface area (TPSA) is 101 Å². The molecule has 0 fully saturated rings. The summed E-state index contributed by atoms with van der Waals surface area (Å²) < 4.78 is 5.15. The van der Waals surface area contributed by atoms with Crippen molar-refractivity contribution >= 4 is 22.6 Å². The Hall–Kier alpha value is -3.48. The Morgan fingerprint density at radius 2 is 2.04 bits per heavy atom. The van der Waals surface area contributed by atoms with Gasteiger partial charge in [-0.2, -0.15) is 0 Å². The summed E-state index contributed by atoms with van der Waals surface area (Å²) in [5.41, 5.74) is 1.59. The molecular formula is C21H21N3O4. The molecule has 3 aromatic rings. The van der Waals surface area contributed by atoms with Crippen molar-refractivity contribution in [3.8, 4) is 5.75 Å². The van der Waals surface area contributed by atoms with Crippen LogP contribution in [-0.4, -0.2) is 35.3 Å². The highest BCUT2D eigenvalue weighted by Gasteiger charge is 2.10. The van der Waals surface area contributed by atoms with E-state index in [4.69, 9.17) is 4.74 Å². The first kappa shape index (κ1) is 19.3. The van der Waals surface area contributed by atoms with Gasteiger partial charge in [-0.15, -0.1) is 0 Å². The van der Waals surface area contributed by atoms with Crippen molar-refractivity contribution in [3.05, 3.63) is 70.3 Å². The van der Waals surface area contributed by atoms with Gasteiger partial charge in [-0.25, -0.2) is 0 Å². The Bertz CT molecular complexity index is 1040. The van der Waals surface area contributed by atoms with Crippen molar-refractivity contribution < 1.29 is 14.3 Å². The fourth-order valence-electron chi connectivity index (χ4n) is 2.86. The molecule has 0 bridgehead atoms. The molecule has 0 saturated heterocycles. The third kappa shape index (κ3) is 4.82. The van der Waals surface area contributed by atoms with Crippen LogP contribution in [0, 0.1) is 0 Å². The van der Waals surface area contributed by atoms with E-state index in [1.54, 1.807) is 31.5 Å². The smallest absolute Gasteiger partial charge is 0.251 e. The minimum absolute atomic E-state index is 0.0988. The molecule has 7 heteroatoms. The van der Waals surface area contributed by atoms with Crippen LogP contribution in [0.3, 0.4) is 0 Å². The zero-order valence-corrected chi connectivity index (χ0v) is 15.5. The number of nitrogens with one attached hydrogen (secondary N) is 2. The molecule has 0 atom stereocenters. The first-order valence-electron chi connectivity index (χ1n) is 8.96. The third-order valence-electron chi connectivity index (χ3n) is 4.41. The number of fused-ring (bicyclic) bond motifs is 1. The fraction of sp³-hybridized carbons (Fsp3) is 0.238. The number of Topliss-reactive ketones (excluding diaryl/α,β-unsaturated/α-hetero) is 1. The minimum Gasteiger partial charge on any atom is -0.497 e. The summed E-state index contributed by atoms with van der Waals surface area (Å²) in [7, 11) is 1.57. The number of H-pyrrole nitrogens is 1. The lowest BCUT2D eigenvalue weighted by Crippen LogP contribution is -2.27. The predicted molar refractivity (Wildman–Crippen MR) is 106 cm³/mol. The molecule has 2 aromatic heterocycles. The van der Waals surface area contributed by atoms with Gasteiger partial charge in [0.15, 0.2) is 5.78 Å². The van der Waals surface area contributed by atoms with Gasteiger partial charge in [-0.05, 0) is 42.1 Å². The van der Waals surface area contributed by atoms with Crippen molar-refractivity contribution in [1.82, 2.24) is 15.3 Å². The number of benzene rings is 1. The first-order chi connectivity index (χ1) is 13.6. The molecule has 1 amide bonds. The highest BCUT2D eigenvalue weighted by Crippen LogP contribution is 2.18. The van der Waals surface area contributed by atoms with Crippen LogP contribution in [0.15, 0.2) is 53.6 Å². The number of aromatic nitrogens is 2. The number of amides is 1. The van der Waals surface area contributed by atoms with Gasteiger partial charge >= 0.3 is 0 Å². The molecule has 3 rings (SSSR count). The molecule has 2 heterocycles. The summed E-state index contributed by atoms with van der Waals surface area (Å²) in [6.45, 7) is 0.324. The normalized spacial score (nSPS) is 10.6. The van der Waals surface area contributed by atoms with Gasteiger partial charge in [0.2, 0.25) is 5.91 Å². The summed E-state index contributed by atoms with van der Waals surface area (Å²) in [4.78, 5) is 42.9. The highest BCUT2D eigenvalue weighted by molar-refractivity contribution is 5.97. The van der Waals surface area contributed by atoms with Crippen LogP contribution >= 0.6 is 0 Å². The Morgan fingerprint density at radius 3 is 2.79 bits per heavy atom. The Labute approximate surface area is 161 Å². The lowest BCUT2D eigenvalue weighted by molar-refractivity contribution is -0.121. The van der Waals surface area contributed by atoms with Crippen molar-refractivity contribution in [2.45, 2.75) is 19.3 Å². The number of hydrogen-bond acceptors (Lipinski definition) is 5. The molecule has 28 heavy (non-hydrogen) atoms. The number of nitrogens with zero attached hydrogens (tertiary/aromatic N) is 1. The van der Waals surface area contributed by atoms with Crippen molar-refractivity contribution in [3.63, 3.8) is 0 Å². The lowest BCUT2D eigenvalue weighted by atomic mass is 10.1. The van der Waals surface area contributed by atoms with E-state index >= 15 is 0 Å². The second-order valence-corrected chi connectivity index (χ2v) is 6.34. The molecule has 0 radical (unpaired) electrons. The number of carbonyl (C=O) groups excluding carboxylic acids is 2. The zero-order valence-electron chi connectivity index (χ0n) is 15.5. The second-order valence-electron chi connectivity index (χ2n) is 6.34. The minimum atomic E-state index is -0.223. The maximum Gasteiger partial charge on any atom is 0.251 e. The lowest BCUT2D eigenvalue weighted by Gasteiger charge is -2.07. The molecule has 1 aromatic carbocycles. The van der Waals surface area contributed by atoms with Crippen molar-refractivity contribution in [1.29, 1.82) is 0 Å². The van der Waals surface area contributed by atoms with Gasteiger partial charge in [-0.3, -0.25) is 19.4 Å². The maximum atomic E-state index is 12.2. The average Bonchev–Trinajstić information content (AvgIpc) is 2.72. The predicted octanol–water partition coefficient (Wildman–Crippen LogP) is 2.25. The van der Waals surface area contributed by atoms with Gasteiger partial charge in [0.1, 0.15) is 5.75 Å². The van der Waals surface area contributed by atoms with Crippen LogP contribution in [0.4, 0.5) is 0 Å². The monoisotopic (exact) mass is 379 g/mol. The molecule has 7 nitrogen and oxygen atoms in total. The van der Waals surface area contributed by atoms with E-state index < -0.39 is 0 Å². The van der Waals surface area contributed by atoms with Crippen LogP contribution in [0.25, 0.3) is 10.9 Å². The van der Waals surface area contributed by atoms with Crippen molar-refractivity contribution in [2.24, 2.45) is 0 Å². The summed E-state index contributed by atoms with van der Waals surface area (Å²) >= 11 is 0. The Balaban J connectivity index is 1.51. The molecule has 2 N–H and O–H groups in total. The summed E-state index contributed by atoms with van der Waals surface area (Å²) in [5.74, 6) is 0.327. The number of rotatable bonds is 8. The molecule has 0 aliphatic rings. The molecule has 0 spiro atoms. The van der Waals surface area contributed by atoms with Gasteiger partial charge in [0, 0.05) is 49.0 Å². The summed E-state index contributed by atoms with van der Waals surface area (Å²) in [6.07, 6.45) is 3.70. The summed E-state index contributed by atoms with van der Waals surface area (Å²) in [6, 6.07) is 10.6. The number of hydrogen-bond donors (Lipinski definition) is 2. The van der Waals surface area contributed by atoms with E-state index in [2.05, 4.69) is 15.3 Å². The number of ketones is 1. The van der Waals surface area contributed by atoms with Crippen molar-refractivity contribution in [2.75, 3.05) is 13.7 Å². The van der Waals surface area contributed by atoms with E-state index in [0.717, 1.165) is 5.39 Å². The number of ether oxygens (including phenoxy) is 1. The van der Waals surface area contributed by atoms with E-state index in [9.17, 15) is 14.4 Å². The van der Waals surface area contributed by atoms with Crippen LogP contribution in [0.5, 0.6) is 5.75 Å². The van der Waals surface area contributed by atoms with Gasteiger partial charge in [0.25, 0.3) is 5.56 Å². The second kappa shape index (κ2) is 8.94. The number of pyridine rings is 2. The van der Waals surface area contributed by atoms with Crippen LogP contribution in [0.2, 0.25) is 0 Å². The van der Waals surface area contributed by atoms with Gasteiger partial charge < -0.3 is 15.0 Å². The quantitative estimate of drug-likeness (QED) is 0.585. The number of carbonyl (C=O) groups is 2. The maximum absolute atomic E-state index is 12.2. The molecular weight excluding hydrogens is 358 g/mol. The first-order valence-corrected chi connectivity index (χ1v) is 8.96. The standard InChI is InChI=1S/C21H21N3O4/c1-28-17-5-4-14-11-15(21(27)24-18(14)12-17)8-10-23-20(26)7-6-19(25)16-3-2-9-22-13-16/h2-5,9,11-13H,6-8,10H2,1H3,(H,23,26)(H,24,27). The highest BCUT2D eigenvalue weighted by atomic mass is 16.5. The number of methoxy groups -OCH3 is 1. The SMILES string of the molecule is COc1ccc2cc(CCNC(=O)CCC(=O)c3cccnc3)c(=O)[nH]c2c1. The van der Waals surface area contributed by atoms with E-state index in [1.807, 2.05) is 18.2 Å². The molecule has 0 aliphatic heterocycles. The van der Waals surface area contributed by atoms with E-state index in [-0.39, 0.29) is 30.1 Å². The van der Waals surface area contributed by atoms with Crippen LogP contribution in [0.1, 0.15) is 28.8 Å². The zero-order chi connectivity index (χ0) is 19.9. The largest absolute Gasteiger partial charge is 0.497 e. The third-order valence-corrected chi connectivity index (χ3v) is 4.41. The molecule has 0 saturated carbocycles. The average molecular weight is 379 g/mol. The fourth-order valence-corrected chi connectivity index (χ4v) is 2.86. The van der Waals surface area contributed by atoms with E-state index in [0.29, 0.717) is 35.4 Å². The summed E-state index contributed by atoms with van der Waals surface area (Å²) in [5, 5.41) is 3.64. The van der Waals surface area contributed by atoms with E-state index in [1.165, 1.54) is 6.20 Å². The van der Waals surface area contributed by atoms with Gasteiger partial charge in [-0.1, -0.05) is 0 Å². The molecule has 0 unspecified atom stereocenters.